The van der Waals surface area contributed by atoms with Crippen LogP contribution in [0.25, 0.3) is 0 Å². The Hall–Kier alpha value is -1.01. The molecule has 1 aromatic rings. The molecule has 0 saturated heterocycles. The first-order chi connectivity index (χ1) is 7.17. The Balaban J connectivity index is 2.72. The molecular weight excluding hydrogens is 254 g/mol. The van der Waals surface area contributed by atoms with E-state index in [0.29, 0.717) is 18.1 Å². The van der Waals surface area contributed by atoms with Crippen LogP contribution in [0.4, 0.5) is 0 Å². The fraction of sp³-hybridized carbons (Fsp3) is 0.417. The highest BCUT2D eigenvalue weighted by molar-refractivity contribution is 9.09. The van der Waals surface area contributed by atoms with E-state index in [-0.39, 0.29) is 0 Å². The number of benzene rings is 1. The Kier molecular flexibility index (Phi) is 4.64. The number of nitriles is 1. The van der Waals surface area contributed by atoms with E-state index in [0.717, 1.165) is 16.6 Å². The zero-order valence-electron chi connectivity index (χ0n) is 8.96. The molecule has 0 radical (unpaired) electrons. The van der Waals surface area contributed by atoms with Crippen molar-refractivity contribution in [1.29, 1.82) is 5.26 Å². The van der Waals surface area contributed by atoms with Crippen molar-refractivity contribution >= 4 is 15.9 Å². The molecule has 0 spiro atoms. The molecular formula is C12H14BrNO. The molecule has 0 N–H and O–H groups in total. The monoisotopic (exact) mass is 267 g/mol. The van der Waals surface area contributed by atoms with Crippen LogP contribution in [0.2, 0.25) is 0 Å². The zero-order chi connectivity index (χ0) is 11.3. The summed E-state index contributed by atoms with van der Waals surface area (Å²) in [5, 5.41) is 9.68. The highest BCUT2D eigenvalue weighted by atomic mass is 79.9. The van der Waals surface area contributed by atoms with Gasteiger partial charge in [-0.15, -0.1) is 0 Å². The summed E-state index contributed by atoms with van der Waals surface area (Å²) in [6.07, 6.45) is 0. The first-order valence-corrected chi connectivity index (χ1v) is 5.99. The largest absolute Gasteiger partial charge is 0.493 e. The molecule has 0 heterocycles. The Labute approximate surface area is 99.0 Å². The highest BCUT2D eigenvalue weighted by Gasteiger charge is 2.04. The molecule has 1 atom stereocenters. The smallest absolute Gasteiger partial charge is 0.123 e. The fourth-order valence-electron chi connectivity index (χ4n) is 1.10. The number of rotatable bonds is 4. The molecule has 0 aliphatic heterocycles. The molecule has 0 saturated carbocycles. The summed E-state index contributed by atoms with van der Waals surface area (Å²) in [7, 11) is 0. The third-order valence-corrected chi connectivity index (χ3v) is 3.21. The van der Waals surface area contributed by atoms with E-state index in [2.05, 4.69) is 28.9 Å². The average Bonchev–Trinajstić information content (AvgIpc) is 2.27. The minimum Gasteiger partial charge on any atom is -0.493 e. The van der Waals surface area contributed by atoms with E-state index in [1.165, 1.54) is 0 Å². The second kappa shape index (κ2) is 5.77. The molecule has 3 heteroatoms. The lowest BCUT2D eigenvalue weighted by molar-refractivity contribution is 0.272. The predicted molar refractivity (Wildman–Crippen MR) is 64.3 cm³/mol. The first-order valence-electron chi connectivity index (χ1n) is 4.87. The molecule has 2 nitrogen and oxygen atoms in total. The third kappa shape index (κ3) is 3.56. The summed E-state index contributed by atoms with van der Waals surface area (Å²) in [5.41, 5.74) is 1.71. The van der Waals surface area contributed by atoms with E-state index >= 15 is 0 Å². The van der Waals surface area contributed by atoms with E-state index < -0.39 is 0 Å². The van der Waals surface area contributed by atoms with Crippen LogP contribution in [0.5, 0.6) is 5.75 Å². The number of aryl methyl sites for hydroxylation is 1. The van der Waals surface area contributed by atoms with Gasteiger partial charge in [0.15, 0.2) is 0 Å². The van der Waals surface area contributed by atoms with Crippen molar-refractivity contribution in [3.8, 4) is 11.8 Å². The van der Waals surface area contributed by atoms with E-state index in [1.807, 2.05) is 13.0 Å². The first kappa shape index (κ1) is 12.1. The Morgan fingerprint density at radius 2 is 2.27 bits per heavy atom. The van der Waals surface area contributed by atoms with Crippen LogP contribution in [-0.4, -0.2) is 11.9 Å². The van der Waals surface area contributed by atoms with E-state index in [9.17, 15) is 0 Å². The van der Waals surface area contributed by atoms with Crippen molar-refractivity contribution in [2.75, 3.05) is 11.9 Å². The van der Waals surface area contributed by atoms with Gasteiger partial charge in [-0.05, 0) is 30.5 Å². The molecule has 0 aromatic heterocycles. The number of halogens is 1. The van der Waals surface area contributed by atoms with Gasteiger partial charge in [0.1, 0.15) is 5.75 Å². The standard InChI is InChI=1S/C12H14BrNO/c1-9(6-13)8-15-12-5-11(7-14)4-3-10(12)2/h3-5,9H,6,8H2,1-2H3. The maximum atomic E-state index is 8.76. The van der Waals surface area contributed by atoms with Gasteiger partial charge in [-0.3, -0.25) is 0 Å². The van der Waals surface area contributed by atoms with Gasteiger partial charge in [-0.1, -0.05) is 28.9 Å². The zero-order valence-corrected chi connectivity index (χ0v) is 10.5. The lowest BCUT2D eigenvalue weighted by Crippen LogP contribution is -2.10. The van der Waals surface area contributed by atoms with Crippen LogP contribution in [0.1, 0.15) is 18.1 Å². The summed E-state index contributed by atoms with van der Waals surface area (Å²) >= 11 is 3.40. The van der Waals surface area contributed by atoms with Crippen LogP contribution in [-0.2, 0) is 0 Å². The summed E-state index contributed by atoms with van der Waals surface area (Å²) in [5.74, 6) is 1.27. The van der Waals surface area contributed by atoms with E-state index in [1.54, 1.807) is 12.1 Å². The maximum absolute atomic E-state index is 8.76. The summed E-state index contributed by atoms with van der Waals surface area (Å²) in [6, 6.07) is 7.61. The van der Waals surface area contributed by atoms with Crippen LogP contribution in [0.3, 0.4) is 0 Å². The lowest BCUT2D eigenvalue weighted by Gasteiger charge is -2.12. The van der Waals surface area contributed by atoms with Gasteiger partial charge < -0.3 is 4.74 Å². The SMILES string of the molecule is Cc1ccc(C#N)cc1OCC(C)CBr. The summed E-state index contributed by atoms with van der Waals surface area (Å²) in [6.45, 7) is 4.76. The van der Waals surface area contributed by atoms with Crippen molar-refractivity contribution in [1.82, 2.24) is 0 Å². The quantitative estimate of drug-likeness (QED) is 0.785. The minimum atomic E-state index is 0.468. The van der Waals surface area contributed by atoms with Crippen molar-refractivity contribution < 1.29 is 4.74 Å². The van der Waals surface area contributed by atoms with Crippen molar-refractivity contribution in [3.63, 3.8) is 0 Å². The number of ether oxygens (including phenoxy) is 1. The number of hydrogen-bond acceptors (Lipinski definition) is 2. The fourth-order valence-corrected chi connectivity index (χ4v) is 1.29. The third-order valence-electron chi connectivity index (χ3n) is 2.10. The molecule has 1 aromatic carbocycles. The van der Waals surface area contributed by atoms with Gasteiger partial charge in [0.05, 0.1) is 18.2 Å². The van der Waals surface area contributed by atoms with Crippen LogP contribution in [0, 0.1) is 24.2 Å². The maximum Gasteiger partial charge on any atom is 0.123 e. The van der Waals surface area contributed by atoms with Gasteiger partial charge in [0.25, 0.3) is 0 Å². The summed E-state index contributed by atoms with van der Waals surface area (Å²) in [4.78, 5) is 0. The Morgan fingerprint density at radius 3 is 2.87 bits per heavy atom. The lowest BCUT2D eigenvalue weighted by atomic mass is 10.1. The van der Waals surface area contributed by atoms with Gasteiger partial charge in [0.2, 0.25) is 0 Å². The number of alkyl halides is 1. The molecule has 0 bridgehead atoms. The van der Waals surface area contributed by atoms with Crippen molar-refractivity contribution in [2.45, 2.75) is 13.8 Å². The molecule has 1 rings (SSSR count). The van der Waals surface area contributed by atoms with Crippen molar-refractivity contribution in [2.24, 2.45) is 5.92 Å². The van der Waals surface area contributed by atoms with Gasteiger partial charge in [-0.25, -0.2) is 0 Å². The predicted octanol–water partition coefficient (Wildman–Crippen LogP) is 3.28. The Bertz CT molecular complexity index is 370. The second-order valence-electron chi connectivity index (χ2n) is 3.66. The molecule has 0 aliphatic rings. The second-order valence-corrected chi connectivity index (χ2v) is 4.31. The minimum absolute atomic E-state index is 0.468. The molecule has 80 valence electrons. The van der Waals surface area contributed by atoms with Gasteiger partial charge in [0, 0.05) is 5.33 Å². The molecule has 15 heavy (non-hydrogen) atoms. The topological polar surface area (TPSA) is 33.0 Å². The van der Waals surface area contributed by atoms with Gasteiger partial charge >= 0.3 is 0 Å². The molecule has 0 fully saturated rings. The van der Waals surface area contributed by atoms with Crippen LogP contribution >= 0.6 is 15.9 Å². The summed E-state index contributed by atoms with van der Waals surface area (Å²) < 4.78 is 5.65. The highest BCUT2D eigenvalue weighted by Crippen LogP contribution is 2.20. The Morgan fingerprint density at radius 1 is 1.53 bits per heavy atom. The molecule has 0 amide bonds. The number of nitrogens with zero attached hydrogens (tertiary/aromatic N) is 1. The molecule has 1 unspecified atom stereocenters. The van der Waals surface area contributed by atoms with E-state index in [4.69, 9.17) is 10.00 Å². The van der Waals surface area contributed by atoms with Gasteiger partial charge in [-0.2, -0.15) is 5.26 Å². The van der Waals surface area contributed by atoms with Crippen LogP contribution < -0.4 is 4.74 Å². The van der Waals surface area contributed by atoms with Crippen LogP contribution in [0.15, 0.2) is 18.2 Å². The normalized spacial score (nSPS) is 11.9. The average molecular weight is 268 g/mol. The van der Waals surface area contributed by atoms with Crippen molar-refractivity contribution in [3.05, 3.63) is 29.3 Å². The number of hydrogen-bond donors (Lipinski definition) is 0. The molecule has 0 aliphatic carbocycles.